The third kappa shape index (κ3) is 3.59. The molecule has 1 atom stereocenters. The van der Waals surface area contributed by atoms with Gasteiger partial charge in [0.15, 0.2) is 14.4 Å². The van der Waals surface area contributed by atoms with Crippen LogP contribution in [0.1, 0.15) is 19.8 Å². The molecule has 1 aromatic rings. The Morgan fingerprint density at radius 3 is 2.26 bits per heavy atom. The summed E-state index contributed by atoms with van der Waals surface area (Å²) in [7, 11) is -8.33. The molecule has 1 aromatic carbocycles. The van der Waals surface area contributed by atoms with Gasteiger partial charge in [-0.15, -0.1) is 0 Å². The Morgan fingerprint density at radius 1 is 1.26 bits per heavy atom. The fraction of sp³-hybridized carbons (Fsp3) is 0.400. The Balaban J connectivity index is 3.39. The number of primary sulfonamides is 1. The molecule has 0 aliphatic rings. The van der Waals surface area contributed by atoms with Crippen molar-refractivity contribution in [2.45, 2.75) is 29.2 Å². The minimum absolute atomic E-state index is 0.0624. The van der Waals surface area contributed by atoms with E-state index in [1.807, 2.05) is 0 Å². The van der Waals surface area contributed by atoms with E-state index in [-0.39, 0.29) is 22.0 Å². The van der Waals surface area contributed by atoms with Crippen LogP contribution in [0, 0.1) is 0 Å². The number of hydrogen-bond donors (Lipinski definition) is 2. The second-order valence-corrected chi connectivity index (χ2v) is 8.62. The molecule has 1 rings (SSSR count). The molecule has 0 fully saturated rings. The lowest BCUT2D eigenvalue weighted by atomic mass is 10.3. The van der Waals surface area contributed by atoms with Crippen molar-refractivity contribution in [2.24, 2.45) is 5.14 Å². The van der Waals surface area contributed by atoms with Gasteiger partial charge in [-0.3, -0.25) is 0 Å². The van der Waals surface area contributed by atoms with Crippen molar-refractivity contribution in [1.82, 2.24) is 0 Å². The van der Waals surface area contributed by atoms with Crippen molar-refractivity contribution in [3.63, 3.8) is 0 Å². The van der Waals surface area contributed by atoms with Crippen molar-refractivity contribution in [3.05, 3.63) is 23.2 Å². The van der Waals surface area contributed by atoms with E-state index in [2.05, 4.69) is 0 Å². The average Bonchev–Trinajstić information content (AvgIpc) is 2.27. The lowest BCUT2D eigenvalue weighted by Gasteiger charge is -2.15. The number of benzene rings is 1. The van der Waals surface area contributed by atoms with Crippen molar-refractivity contribution in [1.29, 1.82) is 0 Å². The predicted octanol–water partition coefficient (Wildman–Crippen LogP) is 1.11. The SMILES string of the molecule is CCCC(S(N)(=O)=O)S(=O)(=O)c1ccc(Cl)c(N)c1. The molecule has 19 heavy (non-hydrogen) atoms. The van der Waals surface area contributed by atoms with E-state index in [0.29, 0.717) is 6.42 Å². The van der Waals surface area contributed by atoms with Gasteiger partial charge in [0, 0.05) is 0 Å². The lowest BCUT2D eigenvalue weighted by molar-refractivity contribution is 0.568. The summed E-state index contributed by atoms with van der Waals surface area (Å²) in [5.74, 6) is 0. The molecule has 1 unspecified atom stereocenters. The van der Waals surface area contributed by atoms with Crippen LogP contribution in [0.3, 0.4) is 0 Å². The fourth-order valence-electron chi connectivity index (χ4n) is 1.58. The van der Waals surface area contributed by atoms with E-state index in [9.17, 15) is 16.8 Å². The number of rotatable bonds is 5. The van der Waals surface area contributed by atoms with Gasteiger partial charge in [-0.1, -0.05) is 24.9 Å². The average molecular weight is 327 g/mol. The summed E-state index contributed by atoms with van der Waals surface area (Å²) >= 11 is 5.70. The number of sulfone groups is 1. The van der Waals surface area contributed by atoms with Crippen LogP contribution in [0.2, 0.25) is 5.02 Å². The molecule has 9 heteroatoms. The van der Waals surface area contributed by atoms with Gasteiger partial charge in [0.2, 0.25) is 10.0 Å². The van der Waals surface area contributed by atoms with Crippen LogP contribution in [-0.4, -0.2) is 21.4 Å². The van der Waals surface area contributed by atoms with Gasteiger partial charge in [0.05, 0.1) is 15.6 Å². The quantitative estimate of drug-likeness (QED) is 0.785. The first-order chi connectivity index (χ1) is 8.60. The lowest BCUT2D eigenvalue weighted by Crippen LogP contribution is -2.35. The largest absolute Gasteiger partial charge is 0.397 e. The maximum atomic E-state index is 12.3. The highest BCUT2D eigenvalue weighted by Crippen LogP contribution is 2.27. The molecule has 0 aromatic heterocycles. The zero-order valence-electron chi connectivity index (χ0n) is 10.2. The summed E-state index contributed by atoms with van der Waals surface area (Å²) in [4.78, 5) is -0.207. The Morgan fingerprint density at radius 2 is 1.84 bits per heavy atom. The Hall–Kier alpha value is -0.830. The molecular weight excluding hydrogens is 312 g/mol. The number of nitrogens with two attached hydrogens (primary N) is 2. The normalized spacial score (nSPS) is 14.3. The predicted molar refractivity (Wildman–Crippen MR) is 74.9 cm³/mol. The van der Waals surface area contributed by atoms with Gasteiger partial charge in [0.1, 0.15) is 0 Å². The zero-order chi connectivity index (χ0) is 14.8. The minimum atomic E-state index is -4.22. The molecule has 0 aliphatic carbocycles. The van der Waals surface area contributed by atoms with Gasteiger partial charge in [-0.05, 0) is 24.6 Å². The van der Waals surface area contributed by atoms with E-state index in [0.717, 1.165) is 6.07 Å². The van der Waals surface area contributed by atoms with E-state index in [4.69, 9.17) is 22.5 Å². The molecule has 0 spiro atoms. The fourth-order valence-corrected chi connectivity index (χ4v) is 5.41. The van der Waals surface area contributed by atoms with E-state index < -0.39 is 24.4 Å². The van der Waals surface area contributed by atoms with Crippen molar-refractivity contribution in [3.8, 4) is 0 Å². The van der Waals surface area contributed by atoms with Crippen LogP contribution >= 0.6 is 11.6 Å². The Bertz CT molecular complexity index is 671. The van der Waals surface area contributed by atoms with Gasteiger partial charge >= 0.3 is 0 Å². The van der Waals surface area contributed by atoms with Crippen molar-refractivity contribution in [2.75, 3.05) is 5.73 Å². The van der Waals surface area contributed by atoms with Crippen LogP contribution in [-0.2, 0) is 19.9 Å². The maximum Gasteiger partial charge on any atom is 0.226 e. The first kappa shape index (κ1) is 16.2. The van der Waals surface area contributed by atoms with Crippen LogP contribution in [0.4, 0.5) is 5.69 Å². The summed E-state index contributed by atoms with van der Waals surface area (Å²) in [5, 5.41) is 5.19. The van der Waals surface area contributed by atoms with Crippen LogP contribution in [0.5, 0.6) is 0 Å². The van der Waals surface area contributed by atoms with Crippen LogP contribution < -0.4 is 10.9 Å². The summed E-state index contributed by atoms with van der Waals surface area (Å²) in [6, 6.07) is 3.64. The van der Waals surface area contributed by atoms with Crippen LogP contribution in [0.25, 0.3) is 0 Å². The third-order valence-electron chi connectivity index (χ3n) is 2.53. The highest BCUT2D eigenvalue weighted by atomic mass is 35.5. The Kier molecular flexibility index (Phi) is 4.83. The maximum absolute atomic E-state index is 12.3. The highest BCUT2D eigenvalue weighted by molar-refractivity contribution is 8.08. The first-order valence-corrected chi connectivity index (χ1v) is 8.94. The topological polar surface area (TPSA) is 120 Å². The molecule has 0 amide bonds. The molecular formula is C10H15ClN2O4S2. The minimum Gasteiger partial charge on any atom is -0.397 e. The smallest absolute Gasteiger partial charge is 0.226 e. The monoisotopic (exact) mass is 326 g/mol. The summed E-state index contributed by atoms with van der Waals surface area (Å²) in [5.41, 5.74) is 5.59. The molecule has 4 N–H and O–H groups in total. The van der Waals surface area contributed by atoms with E-state index in [1.165, 1.54) is 12.1 Å². The summed E-state index contributed by atoms with van der Waals surface area (Å²) < 4.78 is 45.7. The van der Waals surface area contributed by atoms with Crippen molar-refractivity contribution < 1.29 is 16.8 Å². The van der Waals surface area contributed by atoms with E-state index in [1.54, 1.807) is 6.92 Å². The second-order valence-electron chi connectivity index (χ2n) is 4.04. The number of anilines is 1. The molecule has 0 aliphatic heterocycles. The number of hydrogen-bond acceptors (Lipinski definition) is 5. The van der Waals surface area contributed by atoms with Gasteiger partial charge in [0.25, 0.3) is 0 Å². The summed E-state index contributed by atoms with van der Waals surface area (Å²) in [6.45, 7) is 1.67. The zero-order valence-corrected chi connectivity index (χ0v) is 12.6. The molecule has 0 saturated heterocycles. The molecule has 0 bridgehead atoms. The van der Waals surface area contributed by atoms with E-state index >= 15 is 0 Å². The summed E-state index contributed by atoms with van der Waals surface area (Å²) in [6.07, 6.45) is 0.285. The highest BCUT2D eigenvalue weighted by Gasteiger charge is 2.36. The van der Waals surface area contributed by atoms with Gasteiger partial charge < -0.3 is 5.73 Å². The van der Waals surface area contributed by atoms with Gasteiger partial charge in [-0.25, -0.2) is 22.0 Å². The number of nitrogen functional groups attached to an aromatic ring is 1. The first-order valence-electron chi connectivity index (χ1n) is 5.41. The second kappa shape index (κ2) is 5.66. The molecule has 108 valence electrons. The van der Waals surface area contributed by atoms with Crippen LogP contribution in [0.15, 0.2) is 23.1 Å². The molecule has 6 nitrogen and oxygen atoms in total. The van der Waals surface area contributed by atoms with Gasteiger partial charge in [-0.2, -0.15) is 0 Å². The molecule has 0 saturated carbocycles. The molecule has 0 radical (unpaired) electrons. The third-order valence-corrected chi connectivity index (χ3v) is 7.25. The number of halogens is 1. The Labute approximate surface area is 117 Å². The standard InChI is InChI=1S/C10H15ClN2O4S2/c1-2-3-10(19(13,16)17)18(14,15)7-4-5-8(11)9(12)6-7/h4-6,10H,2-3,12H2,1H3,(H2,13,16,17). The number of sulfonamides is 1. The molecule has 0 heterocycles. The van der Waals surface area contributed by atoms with Crippen molar-refractivity contribution >= 4 is 37.1 Å².